The van der Waals surface area contributed by atoms with Crippen molar-refractivity contribution in [2.75, 3.05) is 14.1 Å². The van der Waals surface area contributed by atoms with Gasteiger partial charge >= 0.3 is 0 Å². The largest absolute Gasteiger partial charge is 0.383 e. The predicted octanol–water partition coefficient (Wildman–Crippen LogP) is 2.24. The van der Waals surface area contributed by atoms with E-state index in [1.165, 1.54) is 18.2 Å². The Balaban J connectivity index is 3.05. The van der Waals surface area contributed by atoms with Gasteiger partial charge in [0.2, 0.25) is 0 Å². The quantitative estimate of drug-likeness (QED) is 0.347. The second kappa shape index (κ2) is 5.25. The zero-order valence-electron chi connectivity index (χ0n) is 10.0. The van der Waals surface area contributed by atoms with Crippen LogP contribution in [0.5, 0.6) is 0 Å². The van der Waals surface area contributed by atoms with Gasteiger partial charge in [-0.15, -0.1) is 0 Å². The van der Waals surface area contributed by atoms with Crippen LogP contribution >= 0.6 is 0 Å². The SMILES string of the molecule is CC(=CN(C)C)C(=O)c1cccc([N+](=O)[O-])c1. The molecule has 17 heavy (non-hydrogen) atoms. The number of benzene rings is 1. The maximum Gasteiger partial charge on any atom is 0.270 e. The third kappa shape index (κ3) is 3.41. The highest BCUT2D eigenvalue weighted by atomic mass is 16.6. The first kappa shape index (κ1) is 12.9. The zero-order valence-corrected chi connectivity index (χ0v) is 10.0. The molecule has 0 spiro atoms. The van der Waals surface area contributed by atoms with E-state index >= 15 is 0 Å². The number of carbonyl (C=O) groups excluding carboxylic acids is 1. The molecule has 0 N–H and O–H groups in total. The number of allylic oxidation sites excluding steroid dienone is 1. The Morgan fingerprint density at radius 2 is 2.06 bits per heavy atom. The number of hydrogen-bond donors (Lipinski definition) is 0. The van der Waals surface area contributed by atoms with E-state index in [-0.39, 0.29) is 11.5 Å². The van der Waals surface area contributed by atoms with E-state index in [1.807, 2.05) is 14.1 Å². The molecule has 90 valence electrons. The van der Waals surface area contributed by atoms with Crippen molar-refractivity contribution in [3.05, 3.63) is 51.7 Å². The molecule has 0 bridgehead atoms. The Hall–Kier alpha value is -2.17. The summed E-state index contributed by atoms with van der Waals surface area (Å²) in [7, 11) is 3.62. The number of nitrogens with zero attached hydrogens (tertiary/aromatic N) is 2. The minimum atomic E-state index is -0.512. The molecule has 0 amide bonds. The lowest BCUT2D eigenvalue weighted by atomic mass is 10.0. The fraction of sp³-hybridized carbons (Fsp3) is 0.250. The van der Waals surface area contributed by atoms with Gasteiger partial charge in [-0.3, -0.25) is 14.9 Å². The molecule has 0 aliphatic heterocycles. The molecule has 0 radical (unpaired) electrons. The number of Topliss-reactive ketones (excluding diaryl/α,β-unsaturated/α-hetero) is 1. The minimum Gasteiger partial charge on any atom is -0.383 e. The van der Waals surface area contributed by atoms with Crippen LogP contribution in [-0.4, -0.2) is 29.7 Å². The zero-order chi connectivity index (χ0) is 13.0. The Labute approximate surface area is 99.5 Å². The molecule has 0 heterocycles. The molecule has 0 aromatic heterocycles. The molecule has 0 aliphatic carbocycles. The fourth-order valence-corrected chi connectivity index (χ4v) is 1.43. The highest BCUT2D eigenvalue weighted by molar-refractivity contribution is 6.08. The number of nitro benzene ring substituents is 1. The molecular formula is C12H14N2O3. The smallest absolute Gasteiger partial charge is 0.270 e. The molecule has 0 saturated heterocycles. The molecule has 1 aromatic rings. The predicted molar refractivity (Wildman–Crippen MR) is 64.9 cm³/mol. The maximum atomic E-state index is 11.9. The van der Waals surface area contributed by atoms with Crippen LogP contribution in [0.25, 0.3) is 0 Å². The maximum absolute atomic E-state index is 11.9. The summed E-state index contributed by atoms with van der Waals surface area (Å²) in [5.41, 5.74) is 0.791. The Kier molecular flexibility index (Phi) is 3.98. The summed E-state index contributed by atoms with van der Waals surface area (Å²) in [6.45, 7) is 1.68. The van der Waals surface area contributed by atoms with Crippen molar-refractivity contribution in [1.29, 1.82) is 0 Å². The summed E-state index contributed by atoms with van der Waals surface area (Å²) in [5.74, 6) is -0.206. The number of nitro groups is 1. The standard InChI is InChI=1S/C12H14N2O3/c1-9(8-13(2)3)12(15)10-5-4-6-11(7-10)14(16)17/h4-8H,1-3H3. The van der Waals surface area contributed by atoms with Crippen LogP contribution in [0, 0.1) is 10.1 Å². The average Bonchev–Trinajstić information content (AvgIpc) is 2.27. The molecule has 0 unspecified atom stereocenters. The molecule has 0 aliphatic rings. The van der Waals surface area contributed by atoms with Crippen molar-refractivity contribution in [1.82, 2.24) is 4.90 Å². The summed E-state index contributed by atoms with van der Waals surface area (Å²) in [5, 5.41) is 10.6. The van der Waals surface area contributed by atoms with Crippen molar-refractivity contribution >= 4 is 11.5 Å². The third-order valence-electron chi connectivity index (χ3n) is 2.13. The summed E-state index contributed by atoms with van der Waals surface area (Å²) >= 11 is 0. The van der Waals surface area contributed by atoms with Gasteiger partial charge in [-0.05, 0) is 6.92 Å². The van der Waals surface area contributed by atoms with Gasteiger partial charge in [0.25, 0.3) is 5.69 Å². The topological polar surface area (TPSA) is 63.5 Å². The first-order valence-electron chi connectivity index (χ1n) is 5.06. The van der Waals surface area contributed by atoms with E-state index in [2.05, 4.69) is 0 Å². The summed E-state index contributed by atoms with van der Waals surface area (Å²) < 4.78 is 0. The summed E-state index contributed by atoms with van der Waals surface area (Å²) in [6.07, 6.45) is 1.68. The van der Waals surface area contributed by atoms with Crippen LogP contribution in [0.4, 0.5) is 5.69 Å². The van der Waals surface area contributed by atoms with E-state index in [4.69, 9.17) is 0 Å². The van der Waals surface area contributed by atoms with Gasteiger partial charge in [-0.1, -0.05) is 12.1 Å². The number of hydrogen-bond acceptors (Lipinski definition) is 4. The van der Waals surface area contributed by atoms with Gasteiger partial charge in [0, 0.05) is 43.6 Å². The van der Waals surface area contributed by atoms with E-state index < -0.39 is 4.92 Å². The van der Waals surface area contributed by atoms with Crippen molar-refractivity contribution in [2.24, 2.45) is 0 Å². The lowest BCUT2D eigenvalue weighted by Crippen LogP contribution is -2.08. The highest BCUT2D eigenvalue weighted by Crippen LogP contribution is 2.16. The molecule has 0 atom stereocenters. The minimum absolute atomic E-state index is 0.0755. The van der Waals surface area contributed by atoms with Crippen LogP contribution < -0.4 is 0 Å². The van der Waals surface area contributed by atoms with Crippen LogP contribution in [0.1, 0.15) is 17.3 Å². The number of rotatable bonds is 4. The Morgan fingerprint density at radius 3 is 2.59 bits per heavy atom. The molecule has 5 heteroatoms. The van der Waals surface area contributed by atoms with Gasteiger partial charge in [-0.25, -0.2) is 0 Å². The molecule has 0 saturated carbocycles. The summed E-state index contributed by atoms with van der Waals surface area (Å²) in [4.78, 5) is 23.8. The van der Waals surface area contributed by atoms with E-state index in [9.17, 15) is 14.9 Å². The van der Waals surface area contributed by atoms with Crippen LogP contribution in [0.2, 0.25) is 0 Å². The van der Waals surface area contributed by atoms with E-state index in [0.29, 0.717) is 11.1 Å². The summed E-state index contributed by atoms with van der Waals surface area (Å²) in [6, 6.07) is 5.73. The van der Waals surface area contributed by atoms with Crippen LogP contribution in [0.3, 0.4) is 0 Å². The van der Waals surface area contributed by atoms with Gasteiger partial charge in [-0.2, -0.15) is 0 Å². The van der Waals surface area contributed by atoms with Gasteiger partial charge in [0.05, 0.1) is 4.92 Å². The Morgan fingerprint density at radius 1 is 1.41 bits per heavy atom. The van der Waals surface area contributed by atoms with Gasteiger partial charge in [0.1, 0.15) is 0 Å². The van der Waals surface area contributed by atoms with Crippen molar-refractivity contribution in [3.63, 3.8) is 0 Å². The number of carbonyl (C=O) groups is 1. The molecule has 1 rings (SSSR count). The van der Waals surface area contributed by atoms with E-state index in [0.717, 1.165) is 0 Å². The third-order valence-corrected chi connectivity index (χ3v) is 2.13. The van der Waals surface area contributed by atoms with Crippen molar-refractivity contribution in [3.8, 4) is 0 Å². The molecule has 0 fully saturated rings. The lowest BCUT2D eigenvalue weighted by Gasteiger charge is -2.07. The fourth-order valence-electron chi connectivity index (χ4n) is 1.43. The van der Waals surface area contributed by atoms with Crippen molar-refractivity contribution < 1.29 is 9.72 Å². The molecule has 1 aromatic carbocycles. The van der Waals surface area contributed by atoms with E-state index in [1.54, 1.807) is 24.1 Å². The van der Waals surface area contributed by atoms with Crippen molar-refractivity contribution in [2.45, 2.75) is 6.92 Å². The second-order valence-corrected chi connectivity index (χ2v) is 3.91. The highest BCUT2D eigenvalue weighted by Gasteiger charge is 2.12. The molecule has 5 nitrogen and oxygen atoms in total. The van der Waals surface area contributed by atoms with Gasteiger partial charge in [0.15, 0.2) is 5.78 Å². The lowest BCUT2D eigenvalue weighted by molar-refractivity contribution is -0.384. The monoisotopic (exact) mass is 234 g/mol. The number of non-ortho nitro benzene ring substituents is 1. The first-order chi connectivity index (χ1) is 7.91. The Bertz CT molecular complexity index is 478. The van der Waals surface area contributed by atoms with Crippen LogP contribution in [0.15, 0.2) is 36.0 Å². The number of ketones is 1. The van der Waals surface area contributed by atoms with Gasteiger partial charge < -0.3 is 4.90 Å². The van der Waals surface area contributed by atoms with Crippen LogP contribution in [-0.2, 0) is 0 Å². The average molecular weight is 234 g/mol. The molecular weight excluding hydrogens is 220 g/mol. The first-order valence-corrected chi connectivity index (χ1v) is 5.06. The normalized spacial score (nSPS) is 11.1. The second-order valence-electron chi connectivity index (χ2n) is 3.91.